The molecule has 0 bridgehead atoms. The van der Waals surface area contributed by atoms with Crippen molar-refractivity contribution in [1.82, 2.24) is 9.97 Å². The van der Waals surface area contributed by atoms with E-state index in [4.69, 9.17) is 0 Å². The molecule has 0 amide bonds. The number of fused-ring (bicyclic) bond motifs is 1. The Morgan fingerprint density at radius 2 is 1.95 bits per heavy atom. The van der Waals surface area contributed by atoms with Crippen LogP contribution in [-0.2, 0) is 10.8 Å². The first-order valence-corrected chi connectivity index (χ1v) is 8.20. The summed E-state index contributed by atoms with van der Waals surface area (Å²) in [6.07, 6.45) is -1.11. The Labute approximate surface area is 124 Å². The highest BCUT2D eigenvalue weighted by molar-refractivity contribution is 7.84. The highest BCUT2D eigenvalue weighted by Gasteiger charge is 2.20. The predicted octanol–water partition coefficient (Wildman–Crippen LogP) is 2.77. The van der Waals surface area contributed by atoms with Crippen LogP contribution in [0.5, 0.6) is 0 Å². The van der Waals surface area contributed by atoms with Crippen molar-refractivity contribution >= 4 is 27.5 Å². The number of hydrogen-bond acceptors (Lipinski definition) is 4. The van der Waals surface area contributed by atoms with Gasteiger partial charge in [-0.05, 0) is 19.1 Å². The van der Waals surface area contributed by atoms with Crippen molar-refractivity contribution in [1.29, 1.82) is 0 Å². The number of rotatable bonds is 5. The monoisotopic (exact) mass is 313 g/mol. The molecule has 2 rings (SSSR count). The van der Waals surface area contributed by atoms with Gasteiger partial charge >= 0.3 is 0 Å². The van der Waals surface area contributed by atoms with Gasteiger partial charge in [-0.2, -0.15) is 0 Å². The average Bonchev–Trinajstić information content (AvgIpc) is 2.44. The lowest BCUT2D eigenvalue weighted by molar-refractivity contribution is 0.141. The van der Waals surface area contributed by atoms with Crippen molar-refractivity contribution < 1.29 is 13.0 Å². The number of halogens is 2. The summed E-state index contributed by atoms with van der Waals surface area (Å²) in [7, 11) is 0.794. The largest absolute Gasteiger partial charge is 0.355 e. The molecule has 1 heterocycles. The first kappa shape index (κ1) is 15.8. The second kappa shape index (κ2) is 6.43. The minimum absolute atomic E-state index is 0.0836. The van der Waals surface area contributed by atoms with Crippen LogP contribution >= 0.6 is 0 Å². The molecule has 0 spiro atoms. The standard InChI is InChI=1S/C14H17F2N3OS/c1-9(8-21(3)20)19(2)14-10-6-4-5-7-11(10)17-13(18-14)12(15)16/h4-7,9,12H,8H2,1-3H3/t9-,21+/m0/s1. The summed E-state index contributed by atoms with van der Waals surface area (Å²) in [5, 5.41) is 0.707. The van der Waals surface area contributed by atoms with E-state index in [1.54, 1.807) is 36.4 Å². The molecule has 1 aromatic carbocycles. The Kier molecular flexibility index (Phi) is 4.82. The summed E-state index contributed by atoms with van der Waals surface area (Å²) in [4.78, 5) is 9.66. The van der Waals surface area contributed by atoms with Crippen molar-refractivity contribution in [3.63, 3.8) is 0 Å². The molecule has 2 atom stereocenters. The zero-order valence-corrected chi connectivity index (χ0v) is 12.9. The molecule has 0 aliphatic rings. The van der Waals surface area contributed by atoms with E-state index < -0.39 is 23.0 Å². The molecule has 1 aromatic heterocycles. The van der Waals surface area contributed by atoms with Gasteiger partial charge < -0.3 is 4.90 Å². The maximum Gasteiger partial charge on any atom is 0.297 e. The molecule has 0 N–H and O–H groups in total. The molecule has 0 unspecified atom stereocenters. The van der Waals surface area contributed by atoms with Crippen molar-refractivity contribution in [3.8, 4) is 0 Å². The second-order valence-electron chi connectivity index (χ2n) is 4.92. The van der Waals surface area contributed by atoms with Crippen LogP contribution in [0.2, 0.25) is 0 Å². The summed E-state index contributed by atoms with van der Waals surface area (Å²) < 4.78 is 37.3. The number of anilines is 1. The van der Waals surface area contributed by atoms with Crippen LogP contribution in [-0.4, -0.2) is 39.3 Å². The smallest absolute Gasteiger partial charge is 0.297 e. The number of nitrogens with zero attached hydrogens (tertiary/aromatic N) is 3. The molecular formula is C14H17F2N3OS. The summed E-state index contributed by atoms with van der Waals surface area (Å²) in [5.41, 5.74) is 0.481. The Balaban J connectivity index is 2.52. The first-order chi connectivity index (χ1) is 9.90. The molecule has 4 nitrogen and oxygen atoms in total. The summed E-state index contributed by atoms with van der Waals surface area (Å²) >= 11 is 0. The van der Waals surface area contributed by atoms with Gasteiger partial charge in [-0.15, -0.1) is 0 Å². The van der Waals surface area contributed by atoms with Crippen molar-refractivity contribution in [2.75, 3.05) is 24.0 Å². The molecule has 0 saturated carbocycles. The topological polar surface area (TPSA) is 46.1 Å². The van der Waals surface area contributed by atoms with E-state index >= 15 is 0 Å². The molecule has 21 heavy (non-hydrogen) atoms. The number of benzene rings is 1. The molecule has 114 valence electrons. The third-order valence-electron chi connectivity index (χ3n) is 3.27. The van der Waals surface area contributed by atoms with Gasteiger partial charge in [0.15, 0.2) is 5.82 Å². The van der Waals surface area contributed by atoms with Crippen molar-refractivity contribution in [2.45, 2.75) is 19.4 Å². The van der Waals surface area contributed by atoms with Crippen LogP contribution in [0.1, 0.15) is 19.2 Å². The quantitative estimate of drug-likeness (QED) is 0.851. The average molecular weight is 313 g/mol. The molecule has 0 aliphatic carbocycles. The van der Waals surface area contributed by atoms with Gasteiger partial charge in [-0.1, -0.05) is 12.1 Å². The highest BCUT2D eigenvalue weighted by atomic mass is 32.2. The Morgan fingerprint density at radius 3 is 2.57 bits per heavy atom. The number of hydrogen-bond donors (Lipinski definition) is 0. The summed E-state index contributed by atoms with van der Waals surface area (Å²) in [5.74, 6) is 0.396. The molecular weight excluding hydrogens is 296 g/mol. The van der Waals surface area contributed by atoms with Gasteiger partial charge in [-0.25, -0.2) is 18.7 Å². The Bertz CT molecular complexity index is 666. The number of alkyl halides is 2. The summed E-state index contributed by atoms with van der Waals surface area (Å²) in [6, 6.07) is 6.96. The van der Waals surface area contributed by atoms with Gasteiger partial charge in [0, 0.05) is 41.3 Å². The van der Waals surface area contributed by atoms with Crippen molar-refractivity contribution in [3.05, 3.63) is 30.1 Å². The van der Waals surface area contributed by atoms with E-state index in [1.165, 1.54) is 0 Å². The third kappa shape index (κ3) is 3.53. The van der Waals surface area contributed by atoms with Crippen LogP contribution in [0.25, 0.3) is 10.9 Å². The minimum atomic E-state index is -2.72. The first-order valence-electron chi connectivity index (χ1n) is 6.48. The lowest BCUT2D eigenvalue weighted by Gasteiger charge is -2.26. The Hall–Kier alpha value is -1.63. The highest BCUT2D eigenvalue weighted by Crippen LogP contribution is 2.27. The SMILES string of the molecule is C[C@@H](C[S@@](C)=O)N(C)c1nc(C(F)F)nc2ccccc12. The fourth-order valence-electron chi connectivity index (χ4n) is 2.10. The lowest BCUT2D eigenvalue weighted by atomic mass is 10.2. The van der Waals surface area contributed by atoms with Crippen LogP contribution in [0, 0.1) is 0 Å². The number of para-hydroxylation sites is 1. The zero-order valence-electron chi connectivity index (χ0n) is 12.1. The van der Waals surface area contributed by atoms with Gasteiger partial charge in [0.2, 0.25) is 0 Å². The third-order valence-corrected chi connectivity index (χ3v) is 4.22. The maximum absolute atomic E-state index is 13.0. The predicted molar refractivity (Wildman–Crippen MR) is 81.3 cm³/mol. The fraction of sp³-hybridized carbons (Fsp3) is 0.429. The van der Waals surface area contributed by atoms with Gasteiger partial charge in [0.05, 0.1) is 5.52 Å². The van der Waals surface area contributed by atoms with Crippen molar-refractivity contribution in [2.24, 2.45) is 0 Å². The van der Waals surface area contributed by atoms with E-state index in [0.29, 0.717) is 22.5 Å². The summed E-state index contributed by atoms with van der Waals surface area (Å²) in [6.45, 7) is 1.89. The van der Waals surface area contributed by atoms with E-state index in [0.717, 1.165) is 0 Å². The van der Waals surface area contributed by atoms with E-state index in [9.17, 15) is 13.0 Å². The van der Waals surface area contributed by atoms with E-state index in [1.807, 2.05) is 13.0 Å². The lowest BCUT2D eigenvalue weighted by Crippen LogP contribution is -2.34. The second-order valence-corrected chi connectivity index (χ2v) is 6.40. The molecule has 0 radical (unpaired) electrons. The van der Waals surface area contributed by atoms with Gasteiger partial charge in [0.1, 0.15) is 5.82 Å². The van der Waals surface area contributed by atoms with E-state index in [-0.39, 0.29) is 6.04 Å². The van der Waals surface area contributed by atoms with Crippen LogP contribution in [0.3, 0.4) is 0 Å². The maximum atomic E-state index is 13.0. The fourth-order valence-corrected chi connectivity index (χ4v) is 3.01. The van der Waals surface area contributed by atoms with Crippen LogP contribution in [0.4, 0.5) is 14.6 Å². The van der Waals surface area contributed by atoms with Crippen LogP contribution < -0.4 is 4.90 Å². The van der Waals surface area contributed by atoms with Crippen LogP contribution in [0.15, 0.2) is 24.3 Å². The molecule has 7 heteroatoms. The zero-order chi connectivity index (χ0) is 15.6. The number of aromatic nitrogens is 2. The molecule has 0 aliphatic heterocycles. The van der Waals surface area contributed by atoms with Gasteiger partial charge in [-0.3, -0.25) is 4.21 Å². The normalized spacial score (nSPS) is 14.4. The molecule has 0 saturated heterocycles. The molecule has 0 fully saturated rings. The Morgan fingerprint density at radius 1 is 1.29 bits per heavy atom. The minimum Gasteiger partial charge on any atom is -0.355 e. The van der Waals surface area contributed by atoms with E-state index in [2.05, 4.69) is 9.97 Å². The van der Waals surface area contributed by atoms with Gasteiger partial charge in [0.25, 0.3) is 6.43 Å². The molecule has 2 aromatic rings.